The molecule has 116 valence electrons. The molecular formula is C18H17N3O2. The zero-order valence-corrected chi connectivity index (χ0v) is 13.0. The number of nitrogens with one attached hydrogen (secondary N) is 1. The van der Waals surface area contributed by atoms with Crippen LogP contribution in [0.1, 0.15) is 22.8 Å². The normalized spacial score (nSPS) is 10.5. The molecule has 1 heterocycles. The summed E-state index contributed by atoms with van der Waals surface area (Å²) >= 11 is 0. The lowest BCUT2D eigenvalue weighted by Gasteiger charge is -2.05. The van der Waals surface area contributed by atoms with Crippen molar-refractivity contribution in [2.75, 3.05) is 6.54 Å². The monoisotopic (exact) mass is 307 g/mol. The highest BCUT2D eigenvalue weighted by Crippen LogP contribution is 2.26. The molecule has 23 heavy (non-hydrogen) atoms. The van der Waals surface area contributed by atoms with Crippen LogP contribution in [0.15, 0.2) is 53.1 Å². The van der Waals surface area contributed by atoms with Crippen molar-refractivity contribution in [3.05, 3.63) is 59.7 Å². The Labute approximate surface area is 134 Å². The molecule has 2 aromatic carbocycles. The van der Waals surface area contributed by atoms with E-state index >= 15 is 0 Å². The SMILES string of the molecule is CCNC(=O)c1ccccc1-c1nc(-c2ccccc2C)no1. The zero-order chi connectivity index (χ0) is 16.2. The van der Waals surface area contributed by atoms with Crippen LogP contribution in [0, 0.1) is 6.92 Å². The van der Waals surface area contributed by atoms with Crippen molar-refractivity contribution in [1.29, 1.82) is 0 Å². The molecule has 3 aromatic rings. The Kier molecular flexibility index (Phi) is 4.19. The average Bonchev–Trinajstić information content (AvgIpc) is 3.05. The Bertz CT molecular complexity index is 840. The summed E-state index contributed by atoms with van der Waals surface area (Å²) in [4.78, 5) is 16.6. The van der Waals surface area contributed by atoms with E-state index in [1.165, 1.54) is 0 Å². The van der Waals surface area contributed by atoms with E-state index in [-0.39, 0.29) is 5.91 Å². The van der Waals surface area contributed by atoms with E-state index in [1.807, 2.05) is 50.2 Å². The fraction of sp³-hybridized carbons (Fsp3) is 0.167. The number of benzene rings is 2. The fourth-order valence-corrected chi connectivity index (χ4v) is 2.39. The van der Waals surface area contributed by atoms with E-state index < -0.39 is 0 Å². The van der Waals surface area contributed by atoms with Gasteiger partial charge in [0.1, 0.15) is 0 Å². The van der Waals surface area contributed by atoms with Crippen LogP contribution >= 0.6 is 0 Å². The van der Waals surface area contributed by atoms with Gasteiger partial charge >= 0.3 is 0 Å². The van der Waals surface area contributed by atoms with Gasteiger partial charge in [-0.2, -0.15) is 4.98 Å². The minimum atomic E-state index is -0.154. The first-order valence-corrected chi connectivity index (χ1v) is 7.48. The predicted octanol–water partition coefficient (Wildman–Crippen LogP) is 3.46. The maximum absolute atomic E-state index is 12.2. The molecule has 3 rings (SSSR count). The number of aryl methyl sites for hydroxylation is 1. The van der Waals surface area contributed by atoms with Crippen molar-refractivity contribution in [3.8, 4) is 22.8 Å². The van der Waals surface area contributed by atoms with Crippen LogP contribution in [0.4, 0.5) is 0 Å². The summed E-state index contributed by atoms with van der Waals surface area (Å²) in [5.41, 5.74) is 3.13. The molecule has 0 aliphatic heterocycles. The van der Waals surface area contributed by atoms with Gasteiger partial charge in [-0.05, 0) is 31.5 Å². The molecule has 0 aliphatic carbocycles. The van der Waals surface area contributed by atoms with E-state index in [9.17, 15) is 4.79 Å². The number of rotatable bonds is 4. The minimum Gasteiger partial charge on any atom is -0.352 e. The summed E-state index contributed by atoms with van der Waals surface area (Å²) in [5.74, 6) is 0.702. The number of hydrogen-bond donors (Lipinski definition) is 1. The first kappa shape index (κ1) is 15.0. The summed E-state index contributed by atoms with van der Waals surface area (Å²) in [6, 6.07) is 15.0. The standard InChI is InChI=1S/C18H17N3O2/c1-3-19-17(22)14-10-6-7-11-15(14)18-20-16(21-23-18)13-9-5-4-8-12(13)2/h4-11H,3H2,1-2H3,(H,19,22). The van der Waals surface area contributed by atoms with Gasteiger partial charge in [0.2, 0.25) is 5.82 Å². The lowest BCUT2D eigenvalue weighted by atomic mass is 10.1. The Morgan fingerprint density at radius 1 is 1.09 bits per heavy atom. The third-order valence-corrected chi connectivity index (χ3v) is 3.55. The molecule has 1 aromatic heterocycles. The Morgan fingerprint density at radius 2 is 1.78 bits per heavy atom. The molecular weight excluding hydrogens is 290 g/mol. The van der Waals surface area contributed by atoms with Gasteiger partial charge in [0.05, 0.1) is 11.1 Å². The second-order valence-electron chi connectivity index (χ2n) is 5.14. The maximum Gasteiger partial charge on any atom is 0.259 e. The third-order valence-electron chi connectivity index (χ3n) is 3.55. The molecule has 1 N–H and O–H groups in total. The molecule has 0 unspecified atom stereocenters. The smallest absolute Gasteiger partial charge is 0.259 e. The van der Waals surface area contributed by atoms with Crippen LogP contribution in [-0.4, -0.2) is 22.6 Å². The number of carbonyl (C=O) groups is 1. The van der Waals surface area contributed by atoms with E-state index in [1.54, 1.807) is 12.1 Å². The topological polar surface area (TPSA) is 68.0 Å². The Hall–Kier alpha value is -2.95. The molecule has 0 aliphatic rings. The van der Waals surface area contributed by atoms with Crippen LogP contribution in [0.3, 0.4) is 0 Å². The van der Waals surface area contributed by atoms with Gasteiger partial charge in [-0.25, -0.2) is 0 Å². The molecule has 0 bridgehead atoms. The maximum atomic E-state index is 12.2. The Morgan fingerprint density at radius 3 is 2.52 bits per heavy atom. The fourth-order valence-electron chi connectivity index (χ4n) is 2.39. The molecule has 5 heteroatoms. The largest absolute Gasteiger partial charge is 0.352 e. The molecule has 0 fully saturated rings. The van der Waals surface area contributed by atoms with Crippen LogP contribution in [0.25, 0.3) is 22.8 Å². The third kappa shape index (κ3) is 2.99. The van der Waals surface area contributed by atoms with Crippen molar-refractivity contribution in [1.82, 2.24) is 15.5 Å². The highest BCUT2D eigenvalue weighted by Gasteiger charge is 2.18. The number of carbonyl (C=O) groups excluding carboxylic acids is 1. The van der Waals surface area contributed by atoms with Gasteiger partial charge in [-0.1, -0.05) is 41.6 Å². The van der Waals surface area contributed by atoms with Gasteiger partial charge in [0, 0.05) is 12.1 Å². The van der Waals surface area contributed by atoms with Crippen molar-refractivity contribution in [2.45, 2.75) is 13.8 Å². The van der Waals surface area contributed by atoms with Crippen molar-refractivity contribution < 1.29 is 9.32 Å². The second kappa shape index (κ2) is 6.44. The second-order valence-corrected chi connectivity index (χ2v) is 5.14. The molecule has 0 spiro atoms. The summed E-state index contributed by atoms with van der Waals surface area (Å²) in [6.07, 6.45) is 0. The summed E-state index contributed by atoms with van der Waals surface area (Å²) in [5, 5.41) is 6.84. The minimum absolute atomic E-state index is 0.154. The van der Waals surface area contributed by atoms with E-state index in [0.29, 0.717) is 29.4 Å². The molecule has 1 amide bonds. The average molecular weight is 307 g/mol. The lowest BCUT2D eigenvalue weighted by Crippen LogP contribution is -2.23. The number of amides is 1. The van der Waals surface area contributed by atoms with Gasteiger partial charge in [-0.3, -0.25) is 4.79 Å². The van der Waals surface area contributed by atoms with Gasteiger partial charge in [-0.15, -0.1) is 0 Å². The van der Waals surface area contributed by atoms with E-state index in [4.69, 9.17) is 4.52 Å². The van der Waals surface area contributed by atoms with Gasteiger partial charge in [0.15, 0.2) is 0 Å². The van der Waals surface area contributed by atoms with Crippen molar-refractivity contribution >= 4 is 5.91 Å². The number of nitrogens with zero attached hydrogens (tertiary/aromatic N) is 2. The zero-order valence-electron chi connectivity index (χ0n) is 13.0. The first-order chi connectivity index (χ1) is 11.2. The Balaban J connectivity index is 2.02. The van der Waals surface area contributed by atoms with Crippen molar-refractivity contribution in [3.63, 3.8) is 0 Å². The molecule has 0 atom stereocenters. The van der Waals surface area contributed by atoms with Crippen LogP contribution < -0.4 is 5.32 Å². The van der Waals surface area contributed by atoms with E-state index in [0.717, 1.165) is 11.1 Å². The van der Waals surface area contributed by atoms with E-state index in [2.05, 4.69) is 15.5 Å². The van der Waals surface area contributed by atoms with Crippen LogP contribution in [-0.2, 0) is 0 Å². The summed E-state index contributed by atoms with van der Waals surface area (Å²) in [6.45, 7) is 4.43. The molecule has 5 nitrogen and oxygen atoms in total. The molecule has 0 radical (unpaired) electrons. The number of hydrogen-bond acceptors (Lipinski definition) is 4. The lowest BCUT2D eigenvalue weighted by molar-refractivity contribution is 0.0956. The van der Waals surface area contributed by atoms with Crippen LogP contribution in [0.2, 0.25) is 0 Å². The van der Waals surface area contributed by atoms with Crippen molar-refractivity contribution in [2.24, 2.45) is 0 Å². The molecule has 0 saturated heterocycles. The van der Waals surface area contributed by atoms with Gasteiger partial charge in [0.25, 0.3) is 11.8 Å². The highest BCUT2D eigenvalue weighted by atomic mass is 16.5. The predicted molar refractivity (Wildman–Crippen MR) is 87.9 cm³/mol. The summed E-state index contributed by atoms with van der Waals surface area (Å²) < 4.78 is 5.39. The highest BCUT2D eigenvalue weighted by molar-refractivity contribution is 5.99. The van der Waals surface area contributed by atoms with Crippen LogP contribution in [0.5, 0.6) is 0 Å². The van der Waals surface area contributed by atoms with Gasteiger partial charge < -0.3 is 9.84 Å². The quantitative estimate of drug-likeness (QED) is 0.801. The summed E-state index contributed by atoms with van der Waals surface area (Å²) in [7, 11) is 0. The molecule has 0 saturated carbocycles. The number of aromatic nitrogens is 2. The first-order valence-electron chi connectivity index (χ1n) is 7.48.